The van der Waals surface area contributed by atoms with Crippen LogP contribution < -0.4 is 5.32 Å². The first kappa shape index (κ1) is 10.9. The summed E-state index contributed by atoms with van der Waals surface area (Å²) in [5, 5.41) is 2.59. The van der Waals surface area contributed by atoms with Gasteiger partial charge in [-0.15, -0.1) is 0 Å². The molecule has 2 rings (SSSR count). The predicted molar refractivity (Wildman–Crippen MR) is 58.2 cm³/mol. The molecule has 0 aliphatic carbocycles. The van der Waals surface area contributed by atoms with Crippen molar-refractivity contribution < 1.29 is 14.3 Å². The van der Waals surface area contributed by atoms with Crippen molar-refractivity contribution >= 4 is 11.8 Å². The molecule has 1 aliphatic heterocycles. The monoisotopic (exact) mass is 222 g/mol. The first-order chi connectivity index (χ1) is 7.84. The van der Waals surface area contributed by atoms with Crippen molar-refractivity contribution in [2.75, 3.05) is 18.5 Å². The van der Waals surface area contributed by atoms with Gasteiger partial charge in [0.25, 0.3) is 0 Å². The van der Waals surface area contributed by atoms with Crippen molar-refractivity contribution in [2.45, 2.75) is 18.9 Å². The zero-order valence-corrected chi connectivity index (χ0v) is 8.89. The standard InChI is InChI=1S/C11H14N2O3/c14-11(13-9-3-1-5-12-7-9)16-8-10-4-2-6-15-10/h1,3,5,7,10H,2,4,6,8H2,(H,13,14). The number of carbonyl (C=O) groups excluding carboxylic acids is 1. The smallest absolute Gasteiger partial charge is 0.411 e. The zero-order valence-electron chi connectivity index (χ0n) is 8.89. The number of nitrogens with one attached hydrogen (secondary N) is 1. The van der Waals surface area contributed by atoms with Crippen molar-refractivity contribution in [3.63, 3.8) is 0 Å². The highest BCUT2D eigenvalue weighted by Crippen LogP contribution is 2.12. The second kappa shape index (κ2) is 5.46. The molecule has 1 aliphatic rings. The van der Waals surface area contributed by atoms with Gasteiger partial charge in [0.05, 0.1) is 18.0 Å². The van der Waals surface area contributed by atoms with Crippen LogP contribution in [0.3, 0.4) is 0 Å². The third-order valence-electron chi connectivity index (χ3n) is 2.33. The lowest BCUT2D eigenvalue weighted by Crippen LogP contribution is -2.21. The molecule has 0 spiro atoms. The Labute approximate surface area is 93.8 Å². The fourth-order valence-corrected chi connectivity index (χ4v) is 1.54. The number of hydrogen-bond acceptors (Lipinski definition) is 4. The van der Waals surface area contributed by atoms with E-state index in [1.807, 2.05) is 0 Å². The summed E-state index contributed by atoms with van der Waals surface area (Å²) in [6, 6.07) is 3.50. The van der Waals surface area contributed by atoms with Gasteiger partial charge in [-0.1, -0.05) is 0 Å². The molecule has 5 nitrogen and oxygen atoms in total. The molecule has 1 unspecified atom stereocenters. The van der Waals surface area contributed by atoms with Crippen LogP contribution in [-0.2, 0) is 9.47 Å². The van der Waals surface area contributed by atoms with Gasteiger partial charge in [0.15, 0.2) is 0 Å². The van der Waals surface area contributed by atoms with Crippen molar-refractivity contribution in [2.24, 2.45) is 0 Å². The summed E-state index contributed by atoms with van der Waals surface area (Å²) >= 11 is 0. The topological polar surface area (TPSA) is 60.5 Å². The minimum absolute atomic E-state index is 0.0552. The van der Waals surface area contributed by atoms with Gasteiger partial charge in [0.2, 0.25) is 0 Å². The summed E-state index contributed by atoms with van der Waals surface area (Å²) in [7, 11) is 0. The summed E-state index contributed by atoms with van der Waals surface area (Å²) in [4.78, 5) is 15.2. The lowest BCUT2D eigenvalue weighted by atomic mass is 10.2. The van der Waals surface area contributed by atoms with E-state index < -0.39 is 6.09 Å². The lowest BCUT2D eigenvalue weighted by molar-refractivity contribution is 0.0484. The maximum atomic E-state index is 11.4. The summed E-state index contributed by atoms with van der Waals surface area (Å²) in [5.41, 5.74) is 0.625. The van der Waals surface area contributed by atoms with Crippen LogP contribution >= 0.6 is 0 Å². The van der Waals surface area contributed by atoms with Crippen LogP contribution in [0.4, 0.5) is 10.5 Å². The van der Waals surface area contributed by atoms with E-state index >= 15 is 0 Å². The number of ether oxygens (including phenoxy) is 2. The Bertz CT molecular complexity index is 336. The molecule has 1 aromatic rings. The molecule has 1 aromatic heterocycles. The van der Waals surface area contributed by atoms with Crippen molar-refractivity contribution in [3.8, 4) is 0 Å². The van der Waals surface area contributed by atoms with Gasteiger partial charge in [-0.3, -0.25) is 10.3 Å². The SMILES string of the molecule is O=C(Nc1cccnc1)OCC1CCCO1. The number of amides is 1. The molecule has 2 heterocycles. The van der Waals surface area contributed by atoms with Crippen LogP contribution in [0.15, 0.2) is 24.5 Å². The molecule has 1 fully saturated rings. The van der Waals surface area contributed by atoms with E-state index in [1.54, 1.807) is 24.5 Å². The Morgan fingerprint density at radius 1 is 1.69 bits per heavy atom. The van der Waals surface area contributed by atoms with Crippen LogP contribution in [0.25, 0.3) is 0 Å². The second-order valence-corrected chi connectivity index (χ2v) is 3.60. The summed E-state index contributed by atoms with van der Waals surface area (Å²) in [6.07, 6.45) is 4.79. The molecular weight excluding hydrogens is 208 g/mol. The first-order valence-corrected chi connectivity index (χ1v) is 5.30. The van der Waals surface area contributed by atoms with E-state index in [2.05, 4.69) is 10.3 Å². The fraction of sp³-hybridized carbons (Fsp3) is 0.455. The van der Waals surface area contributed by atoms with E-state index in [0.29, 0.717) is 12.3 Å². The number of anilines is 1. The normalized spacial score (nSPS) is 19.4. The van der Waals surface area contributed by atoms with Crippen LogP contribution in [0.5, 0.6) is 0 Å². The van der Waals surface area contributed by atoms with Crippen molar-refractivity contribution in [1.29, 1.82) is 0 Å². The number of hydrogen-bond donors (Lipinski definition) is 1. The molecule has 86 valence electrons. The number of rotatable bonds is 3. The molecule has 0 aromatic carbocycles. The highest BCUT2D eigenvalue weighted by Gasteiger charge is 2.17. The van der Waals surface area contributed by atoms with E-state index in [4.69, 9.17) is 9.47 Å². The van der Waals surface area contributed by atoms with Gasteiger partial charge in [-0.2, -0.15) is 0 Å². The molecule has 1 atom stereocenters. The van der Waals surface area contributed by atoms with Gasteiger partial charge in [-0.25, -0.2) is 4.79 Å². The third-order valence-corrected chi connectivity index (χ3v) is 2.33. The largest absolute Gasteiger partial charge is 0.447 e. The fourth-order valence-electron chi connectivity index (χ4n) is 1.54. The summed E-state index contributed by atoms with van der Waals surface area (Å²) in [6.45, 7) is 1.07. The van der Waals surface area contributed by atoms with Gasteiger partial charge >= 0.3 is 6.09 Å². The molecule has 1 N–H and O–H groups in total. The number of aromatic nitrogens is 1. The maximum absolute atomic E-state index is 11.4. The Morgan fingerprint density at radius 3 is 3.31 bits per heavy atom. The minimum Gasteiger partial charge on any atom is -0.447 e. The van der Waals surface area contributed by atoms with Crippen molar-refractivity contribution in [3.05, 3.63) is 24.5 Å². The molecule has 0 saturated carbocycles. The summed E-state index contributed by atoms with van der Waals surface area (Å²) < 4.78 is 10.4. The maximum Gasteiger partial charge on any atom is 0.411 e. The molecule has 0 bridgehead atoms. The van der Waals surface area contributed by atoms with Crippen LogP contribution in [0.2, 0.25) is 0 Å². The van der Waals surface area contributed by atoms with Crippen LogP contribution in [0, 0.1) is 0 Å². The number of nitrogens with zero attached hydrogens (tertiary/aromatic N) is 1. The van der Waals surface area contributed by atoms with Crippen LogP contribution in [0.1, 0.15) is 12.8 Å². The third kappa shape index (κ3) is 3.20. The average Bonchev–Trinajstić information content (AvgIpc) is 2.81. The van der Waals surface area contributed by atoms with Gasteiger partial charge in [-0.05, 0) is 25.0 Å². The Balaban J connectivity index is 1.72. The Kier molecular flexibility index (Phi) is 3.71. The number of pyridine rings is 1. The van der Waals surface area contributed by atoms with Gasteiger partial charge < -0.3 is 9.47 Å². The number of carbonyl (C=O) groups is 1. The lowest BCUT2D eigenvalue weighted by Gasteiger charge is -2.10. The molecule has 5 heteroatoms. The molecule has 1 amide bonds. The highest BCUT2D eigenvalue weighted by atomic mass is 16.6. The zero-order chi connectivity index (χ0) is 11.2. The molecular formula is C11H14N2O3. The quantitative estimate of drug-likeness (QED) is 0.847. The van der Waals surface area contributed by atoms with E-state index in [1.165, 1.54) is 0 Å². The second-order valence-electron chi connectivity index (χ2n) is 3.60. The molecule has 16 heavy (non-hydrogen) atoms. The van der Waals surface area contributed by atoms with Gasteiger partial charge in [0.1, 0.15) is 6.61 Å². The molecule has 0 radical (unpaired) electrons. The van der Waals surface area contributed by atoms with E-state index in [0.717, 1.165) is 19.4 Å². The van der Waals surface area contributed by atoms with E-state index in [9.17, 15) is 4.79 Å². The minimum atomic E-state index is -0.469. The molecule has 1 saturated heterocycles. The van der Waals surface area contributed by atoms with Gasteiger partial charge in [0, 0.05) is 12.8 Å². The summed E-state index contributed by atoms with van der Waals surface area (Å²) in [5.74, 6) is 0. The first-order valence-electron chi connectivity index (χ1n) is 5.30. The van der Waals surface area contributed by atoms with Crippen molar-refractivity contribution in [1.82, 2.24) is 4.98 Å². The van der Waals surface area contributed by atoms with E-state index in [-0.39, 0.29) is 6.10 Å². The highest BCUT2D eigenvalue weighted by molar-refractivity contribution is 5.84. The Morgan fingerprint density at radius 2 is 2.62 bits per heavy atom. The Hall–Kier alpha value is -1.62. The average molecular weight is 222 g/mol. The predicted octanol–water partition coefficient (Wildman–Crippen LogP) is 1.81. The van der Waals surface area contributed by atoms with Crippen LogP contribution in [-0.4, -0.2) is 30.4 Å².